The van der Waals surface area contributed by atoms with Crippen LogP contribution in [-0.2, 0) is 9.53 Å². The lowest BCUT2D eigenvalue weighted by atomic mass is 9.91. The molecule has 0 heterocycles. The van der Waals surface area contributed by atoms with Gasteiger partial charge in [-0.3, -0.25) is 15.0 Å². The number of nitrogens with zero attached hydrogens (tertiary/aromatic N) is 1. The Kier molecular flexibility index (Phi) is 6.46. The minimum Gasteiger partial charge on any atom is -0.468 e. The highest BCUT2D eigenvalue weighted by Crippen LogP contribution is 2.27. The second kappa shape index (κ2) is 7.41. The predicted octanol–water partition coefficient (Wildman–Crippen LogP) is 2.57. The molecule has 0 radical (unpaired) electrons. The first-order chi connectivity index (χ1) is 9.37. The van der Waals surface area contributed by atoms with Crippen LogP contribution in [0, 0.1) is 0 Å². The van der Waals surface area contributed by atoms with Gasteiger partial charge in [-0.05, 0) is 53.0 Å². The van der Waals surface area contributed by atoms with Gasteiger partial charge in [-0.25, -0.2) is 0 Å². The first-order valence-electron chi connectivity index (χ1n) is 7.99. The van der Waals surface area contributed by atoms with Crippen LogP contribution in [0.2, 0.25) is 0 Å². The molecule has 0 bridgehead atoms. The lowest BCUT2D eigenvalue weighted by molar-refractivity contribution is -0.149. The highest BCUT2D eigenvalue weighted by atomic mass is 16.5. The van der Waals surface area contributed by atoms with Crippen LogP contribution in [0.3, 0.4) is 0 Å². The number of carbonyl (C=O) groups excluding carboxylic acids is 1. The Balaban J connectivity index is 2.74. The maximum absolute atomic E-state index is 12.2. The minimum absolute atomic E-state index is 0.142. The van der Waals surface area contributed by atoms with Crippen LogP contribution in [0.15, 0.2) is 0 Å². The molecule has 1 N–H and O–H groups in total. The number of ether oxygens (including phenoxy) is 1. The summed E-state index contributed by atoms with van der Waals surface area (Å²) in [6.07, 6.45) is 4.26. The van der Waals surface area contributed by atoms with E-state index in [0.717, 1.165) is 19.4 Å². The number of nitrogens with one attached hydrogen (secondary N) is 1. The molecule has 0 aromatic heterocycles. The second-order valence-corrected chi connectivity index (χ2v) is 6.38. The van der Waals surface area contributed by atoms with Crippen molar-refractivity contribution >= 4 is 5.97 Å². The van der Waals surface area contributed by atoms with Crippen LogP contribution in [0.25, 0.3) is 0 Å². The normalized spacial score (nSPS) is 21.4. The predicted molar refractivity (Wildman–Crippen MR) is 82.8 cm³/mol. The summed E-state index contributed by atoms with van der Waals surface area (Å²) in [6.45, 7) is 11.9. The van der Waals surface area contributed by atoms with E-state index in [2.05, 4.69) is 37.9 Å². The summed E-state index contributed by atoms with van der Waals surface area (Å²) in [6, 6.07) is 1.38. The summed E-state index contributed by atoms with van der Waals surface area (Å²) in [5, 5.41) is 3.48. The Hall–Kier alpha value is -0.610. The Morgan fingerprint density at radius 3 is 2.35 bits per heavy atom. The number of hydrogen-bond donors (Lipinski definition) is 1. The van der Waals surface area contributed by atoms with Crippen molar-refractivity contribution in [2.45, 2.75) is 84.0 Å². The molecule has 1 fully saturated rings. The van der Waals surface area contributed by atoms with Gasteiger partial charge >= 0.3 is 5.97 Å². The third-order valence-corrected chi connectivity index (χ3v) is 4.53. The van der Waals surface area contributed by atoms with Gasteiger partial charge in [0.1, 0.15) is 5.54 Å². The van der Waals surface area contributed by atoms with Crippen LogP contribution in [0.5, 0.6) is 0 Å². The third kappa shape index (κ3) is 4.45. The average Bonchev–Trinajstić information content (AvgIpc) is 3.21. The van der Waals surface area contributed by atoms with Gasteiger partial charge in [-0.15, -0.1) is 0 Å². The van der Waals surface area contributed by atoms with E-state index in [1.165, 1.54) is 20.0 Å². The molecule has 20 heavy (non-hydrogen) atoms. The van der Waals surface area contributed by atoms with Crippen molar-refractivity contribution in [1.29, 1.82) is 0 Å². The van der Waals surface area contributed by atoms with Crippen LogP contribution in [0.4, 0.5) is 0 Å². The van der Waals surface area contributed by atoms with E-state index in [4.69, 9.17) is 4.74 Å². The van der Waals surface area contributed by atoms with E-state index in [-0.39, 0.29) is 5.97 Å². The van der Waals surface area contributed by atoms with Gasteiger partial charge in [-0.2, -0.15) is 0 Å². The maximum Gasteiger partial charge on any atom is 0.325 e. The lowest BCUT2D eigenvalue weighted by Crippen LogP contribution is -2.55. The molecule has 1 rings (SSSR count). The molecule has 0 aliphatic heterocycles. The zero-order valence-corrected chi connectivity index (χ0v) is 14.0. The van der Waals surface area contributed by atoms with Gasteiger partial charge in [0.15, 0.2) is 0 Å². The molecule has 1 aliphatic rings. The summed E-state index contributed by atoms with van der Waals surface area (Å²) in [5.41, 5.74) is -0.573. The molecule has 118 valence electrons. The smallest absolute Gasteiger partial charge is 0.325 e. The first kappa shape index (κ1) is 17.4. The van der Waals surface area contributed by atoms with Gasteiger partial charge in [-0.1, -0.05) is 13.8 Å². The number of rotatable bonds is 9. The van der Waals surface area contributed by atoms with Crippen molar-refractivity contribution in [3.63, 3.8) is 0 Å². The summed E-state index contributed by atoms with van der Waals surface area (Å²) < 4.78 is 5.03. The molecular weight excluding hydrogens is 252 g/mol. The topological polar surface area (TPSA) is 41.6 Å². The Labute approximate surface area is 124 Å². The van der Waals surface area contributed by atoms with E-state index in [1.54, 1.807) is 0 Å². The van der Waals surface area contributed by atoms with E-state index in [1.807, 2.05) is 6.92 Å². The molecule has 1 saturated carbocycles. The van der Waals surface area contributed by atoms with Crippen LogP contribution >= 0.6 is 0 Å². The van der Waals surface area contributed by atoms with E-state index >= 15 is 0 Å². The molecule has 3 atom stereocenters. The standard InChI is InChI=1S/C16H32N2O2/c1-7-12(3)18(8-2)13(4)11-16(5,15(19)20-6)17-14-9-10-14/h12-14,17H,7-11H2,1-6H3. The van der Waals surface area contributed by atoms with Crippen molar-refractivity contribution in [1.82, 2.24) is 10.2 Å². The highest BCUT2D eigenvalue weighted by molar-refractivity contribution is 5.80. The molecule has 0 aromatic carbocycles. The van der Waals surface area contributed by atoms with E-state index < -0.39 is 5.54 Å². The van der Waals surface area contributed by atoms with Crippen LogP contribution < -0.4 is 5.32 Å². The molecule has 4 nitrogen and oxygen atoms in total. The van der Waals surface area contributed by atoms with Gasteiger partial charge < -0.3 is 4.74 Å². The van der Waals surface area contributed by atoms with E-state index in [9.17, 15) is 4.79 Å². The largest absolute Gasteiger partial charge is 0.468 e. The van der Waals surface area contributed by atoms with E-state index in [0.29, 0.717) is 18.1 Å². The SMILES string of the molecule is CCC(C)N(CC)C(C)CC(C)(NC1CC1)C(=O)OC. The molecule has 3 unspecified atom stereocenters. The van der Waals surface area contributed by atoms with Gasteiger partial charge in [0.25, 0.3) is 0 Å². The Morgan fingerprint density at radius 2 is 1.95 bits per heavy atom. The Morgan fingerprint density at radius 1 is 1.35 bits per heavy atom. The van der Waals surface area contributed by atoms with Crippen LogP contribution in [-0.4, -0.2) is 48.2 Å². The van der Waals surface area contributed by atoms with Gasteiger partial charge in [0, 0.05) is 18.1 Å². The summed E-state index contributed by atoms with van der Waals surface area (Å²) >= 11 is 0. The molecule has 0 saturated heterocycles. The number of methoxy groups -OCH3 is 1. The fraction of sp³-hybridized carbons (Fsp3) is 0.938. The monoisotopic (exact) mass is 284 g/mol. The lowest BCUT2D eigenvalue weighted by Gasteiger charge is -2.38. The molecule has 1 aliphatic carbocycles. The van der Waals surface area contributed by atoms with Crippen molar-refractivity contribution in [3.05, 3.63) is 0 Å². The quantitative estimate of drug-likeness (QED) is 0.661. The molecule has 0 amide bonds. The molecule has 0 spiro atoms. The zero-order valence-electron chi connectivity index (χ0n) is 14.0. The average molecular weight is 284 g/mol. The number of esters is 1. The third-order valence-electron chi connectivity index (χ3n) is 4.53. The first-order valence-corrected chi connectivity index (χ1v) is 7.99. The zero-order chi connectivity index (χ0) is 15.3. The Bertz CT molecular complexity index is 318. The number of carbonyl (C=O) groups is 1. The van der Waals surface area contributed by atoms with Crippen molar-refractivity contribution in [2.75, 3.05) is 13.7 Å². The number of hydrogen-bond acceptors (Lipinski definition) is 4. The highest BCUT2D eigenvalue weighted by Gasteiger charge is 2.41. The maximum atomic E-state index is 12.2. The van der Waals surface area contributed by atoms with Crippen molar-refractivity contribution in [3.8, 4) is 0 Å². The van der Waals surface area contributed by atoms with Gasteiger partial charge in [0.05, 0.1) is 7.11 Å². The van der Waals surface area contributed by atoms with Crippen molar-refractivity contribution < 1.29 is 9.53 Å². The molecule has 4 heteroatoms. The second-order valence-electron chi connectivity index (χ2n) is 6.38. The van der Waals surface area contributed by atoms with Crippen LogP contribution in [0.1, 0.15) is 60.3 Å². The summed E-state index contributed by atoms with van der Waals surface area (Å²) in [4.78, 5) is 14.6. The molecular formula is C16H32N2O2. The fourth-order valence-corrected chi connectivity index (χ4v) is 3.10. The van der Waals surface area contributed by atoms with Crippen molar-refractivity contribution in [2.24, 2.45) is 0 Å². The molecule has 0 aromatic rings. The van der Waals surface area contributed by atoms with Gasteiger partial charge in [0.2, 0.25) is 0 Å². The minimum atomic E-state index is -0.573. The summed E-state index contributed by atoms with van der Waals surface area (Å²) in [7, 11) is 1.48. The summed E-state index contributed by atoms with van der Waals surface area (Å²) in [5.74, 6) is -0.142. The fourth-order valence-electron chi connectivity index (χ4n) is 3.10.